The summed E-state index contributed by atoms with van der Waals surface area (Å²) < 4.78 is 26.5. The van der Waals surface area contributed by atoms with Crippen LogP contribution in [0.2, 0.25) is 0 Å². The molecule has 0 radical (unpaired) electrons. The molecule has 0 fully saturated rings. The summed E-state index contributed by atoms with van der Waals surface area (Å²) in [7, 11) is -3.66. The fourth-order valence-corrected chi connectivity index (χ4v) is 3.13. The number of nitrogens with one attached hydrogen (secondary N) is 2. The van der Waals surface area contributed by atoms with Crippen molar-refractivity contribution >= 4 is 38.1 Å². The number of nitrogens with two attached hydrogens (primary N) is 1. The van der Waals surface area contributed by atoms with Gasteiger partial charge >= 0.3 is 0 Å². The van der Waals surface area contributed by atoms with Gasteiger partial charge in [-0.05, 0) is 24.3 Å². The monoisotopic (exact) mass is 327 g/mol. The van der Waals surface area contributed by atoms with E-state index in [2.05, 4.69) is 20.2 Å². The minimum Gasteiger partial charge on any atom is -0.374 e. The Kier molecular flexibility index (Phi) is 4.50. The molecule has 8 nitrogen and oxygen atoms in total. The van der Waals surface area contributed by atoms with E-state index in [1.807, 2.05) is 0 Å². The molecule has 0 bridgehead atoms. The van der Waals surface area contributed by atoms with Crippen LogP contribution in [0.3, 0.4) is 0 Å². The first-order valence-electron chi connectivity index (χ1n) is 5.82. The van der Waals surface area contributed by atoms with E-state index < -0.39 is 10.0 Å². The lowest BCUT2D eigenvalue weighted by Crippen LogP contribution is -2.23. The van der Waals surface area contributed by atoms with Gasteiger partial charge in [-0.3, -0.25) is 4.79 Å². The first-order chi connectivity index (χ1) is 9.87. The van der Waals surface area contributed by atoms with E-state index in [1.165, 1.54) is 31.2 Å². The van der Waals surface area contributed by atoms with Crippen LogP contribution in [0, 0.1) is 0 Å². The van der Waals surface area contributed by atoms with Crippen molar-refractivity contribution in [2.75, 3.05) is 11.1 Å². The predicted octanol–water partition coefficient (Wildman–Crippen LogP) is 0.557. The van der Waals surface area contributed by atoms with Gasteiger partial charge in [0.25, 0.3) is 0 Å². The van der Waals surface area contributed by atoms with Crippen LogP contribution >= 0.6 is 11.3 Å². The van der Waals surface area contributed by atoms with Gasteiger partial charge in [-0.1, -0.05) is 11.3 Å². The Hall–Kier alpha value is -2.04. The lowest BCUT2D eigenvalue weighted by atomic mass is 10.3. The molecule has 112 valence electrons. The molecule has 0 saturated carbocycles. The van der Waals surface area contributed by atoms with Gasteiger partial charge < -0.3 is 11.1 Å². The van der Waals surface area contributed by atoms with Gasteiger partial charge in [0, 0.05) is 12.6 Å². The SMILES string of the molecule is CC(=O)Nc1ccc(S(=O)(=O)NCc2nnc(N)s2)cc1. The van der Waals surface area contributed by atoms with E-state index in [0.717, 1.165) is 11.3 Å². The molecule has 1 aromatic carbocycles. The van der Waals surface area contributed by atoms with Crippen LogP contribution in [0.15, 0.2) is 29.2 Å². The number of hydrogen-bond acceptors (Lipinski definition) is 7. The van der Waals surface area contributed by atoms with Crippen molar-refractivity contribution in [2.45, 2.75) is 18.4 Å². The maximum absolute atomic E-state index is 12.1. The highest BCUT2D eigenvalue weighted by atomic mass is 32.2. The third kappa shape index (κ3) is 4.21. The van der Waals surface area contributed by atoms with Crippen LogP contribution in [0.4, 0.5) is 10.8 Å². The quantitative estimate of drug-likeness (QED) is 0.736. The molecule has 0 saturated heterocycles. The molecule has 10 heteroatoms. The molecule has 1 amide bonds. The Balaban J connectivity index is 2.06. The number of aromatic nitrogens is 2. The molecule has 0 spiro atoms. The lowest BCUT2D eigenvalue weighted by Gasteiger charge is -2.06. The number of anilines is 2. The van der Waals surface area contributed by atoms with Gasteiger partial charge in [0.15, 0.2) is 0 Å². The summed E-state index contributed by atoms with van der Waals surface area (Å²) in [5.74, 6) is -0.224. The van der Waals surface area contributed by atoms with Crippen LogP contribution < -0.4 is 15.8 Å². The third-order valence-corrected chi connectivity index (χ3v) is 4.55. The van der Waals surface area contributed by atoms with Gasteiger partial charge in [0.2, 0.25) is 21.1 Å². The van der Waals surface area contributed by atoms with Crippen LogP contribution in [0.5, 0.6) is 0 Å². The Labute approximate surface area is 125 Å². The first kappa shape index (κ1) is 15.4. The van der Waals surface area contributed by atoms with Crippen LogP contribution in [-0.4, -0.2) is 24.5 Å². The maximum atomic E-state index is 12.1. The van der Waals surface area contributed by atoms with Crippen molar-refractivity contribution in [3.63, 3.8) is 0 Å². The molecular formula is C11H13N5O3S2. The number of benzene rings is 1. The highest BCUT2D eigenvalue weighted by Gasteiger charge is 2.14. The Morgan fingerprint density at radius 2 is 1.95 bits per heavy atom. The summed E-state index contributed by atoms with van der Waals surface area (Å²) >= 11 is 1.11. The van der Waals surface area contributed by atoms with Crippen LogP contribution in [0.25, 0.3) is 0 Å². The molecule has 1 aromatic heterocycles. The van der Waals surface area contributed by atoms with Crippen LogP contribution in [-0.2, 0) is 21.4 Å². The van der Waals surface area contributed by atoms with Crippen molar-refractivity contribution in [3.8, 4) is 0 Å². The average molecular weight is 327 g/mol. The lowest BCUT2D eigenvalue weighted by molar-refractivity contribution is -0.114. The zero-order valence-electron chi connectivity index (χ0n) is 11.0. The second kappa shape index (κ2) is 6.16. The van der Waals surface area contributed by atoms with Gasteiger partial charge in [-0.25, -0.2) is 13.1 Å². The number of carbonyl (C=O) groups excluding carboxylic acids is 1. The van der Waals surface area contributed by atoms with E-state index in [4.69, 9.17) is 5.73 Å². The summed E-state index contributed by atoms with van der Waals surface area (Å²) in [5, 5.41) is 10.6. The molecule has 0 aliphatic heterocycles. The van der Waals surface area contributed by atoms with Crippen molar-refractivity contribution in [3.05, 3.63) is 29.3 Å². The molecule has 1 heterocycles. The van der Waals surface area contributed by atoms with Gasteiger partial charge in [-0.15, -0.1) is 10.2 Å². The van der Waals surface area contributed by atoms with Gasteiger partial charge in [0.05, 0.1) is 11.4 Å². The molecule has 0 unspecified atom stereocenters. The number of amides is 1. The number of sulfonamides is 1. The first-order valence-corrected chi connectivity index (χ1v) is 8.12. The molecule has 0 atom stereocenters. The summed E-state index contributed by atoms with van der Waals surface area (Å²) in [4.78, 5) is 11.0. The van der Waals surface area contributed by atoms with E-state index in [9.17, 15) is 13.2 Å². The summed E-state index contributed by atoms with van der Waals surface area (Å²) in [6.07, 6.45) is 0. The van der Waals surface area contributed by atoms with Crippen molar-refractivity contribution in [1.29, 1.82) is 0 Å². The largest absolute Gasteiger partial charge is 0.374 e. The highest BCUT2D eigenvalue weighted by molar-refractivity contribution is 7.89. The molecule has 4 N–H and O–H groups in total. The Bertz CT molecular complexity index is 739. The Morgan fingerprint density at radius 3 is 2.48 bits per heavy atom. The fourth-order valence-electron chi connectivity index (χ4n) is 1.50. The highest BCUT2D eigenvalue weighted by Crippen LogP contribution is 2.15. The number of hydrogen-bond donors (Lipinski definition) is 3. The standard InChI is InChI=1S/C11H13N5O3S2/c1-7(17)14-8-2-4-9(5-3-8)21(18,19)13-6-10-15-16-11(12)20-10/h2-5,13H,6H2,1H3,(H2,12,16)(H,14,17). The number of rotatable bonds is 5. The third-order valence-electron chi connectivity index (χ3n) is 2.38. The number of nitrogen functional groups attached to an aromatic ring is 1. The van der Waals surface area contributed by atoms with Crippen molar-refractivity contribution in [1.82, 2.24) is 14.9 Å². The summed E-state index contributed by atoms with van der Waals surface area (Å²) in [6.45, 7) is 1.39. The minimum absolute atomic E-state index is 0.0185. The average Bonchev–Trinajstić information content (AvgIpc) is 2.82. The Morgan fingerprint density at radius 1 is 1.29 bits per heavy atom. The van der Waals surface area contributed by atoms with E-state index in [-0.39, 0.29) is 22.5 Å². The maximum Gasteiger partial charge on any atom is 0.240 e. The van der Waals surface area contributed by atoms with Gasteiger partial charge in [-0.2, -0.15) is 0 Å². The normalized spacial score (nSPS) is 11.3. The predicted molar refractivity (Wildman–Crippen MR) is 79.1 cm³/mol. The molecule has 0 aliphatic carbocycles. The molecule has 2 aromatic rings. The topological polar surface area (TPSA) is 127 Å². The molecule has 0 aliphatic rings. The number of nitrogens with zero attached hydrogens (tertiary/aromatic N) is 2. The van der Waals surface area contributed by atoms with Gasteiger partial charge in [0.1, 0.15) is 5.01 Å². The number of carbonyl (C=O) groups is 1. The van der Waals surface area contributed by atoms with Crippen LogP contribution in [0.1, 0.15) is 11.9 Å². The minimum atomic E-state index is -3.66. The van der Waals surface area contributed by atoms with Crippen molar-refractivity contribution < 1.29 is 13.2 Å². The molecule has 21 heavy (non-hydrogen) atoms. The zero-order chi connectivity index (χ0) is 15.5. The van der Waals surface area contributed by atoms with Crippen molar-refractivity contribution in [2.24, 2.45) is 0 Å². The molecular weight excluding hydrogens is 314 g/mol. The zero-order valence-corrected chi connectivity index (χ0v) is 12.7. The van der Waals surface area contributed by atoms with E-state index in [1.54, 1.807) is 0 Å². The fraction of sp³-hybridized carbons (Fsp3) is 0.182. The van der Waals surface area contributed by atoms with E-state index in [0.29, 0.717) is 10.7 Å². The summed E-state index contributed by atoms with van der Waals surface area (Å²) in [6, 6.07) is 5.84. The smallest absolute Gasteiger partial charge is 0.240 e. The second-order valence-electron chi connectivity index (χ2n) is 4.06. The van der Waals surface area contributed by atoms with E-state index >= 15 is 0 Å². The molecule has 2 rings (SSSR count). The summed E-state index contributed by atoms with van der Waals surface area (Å²) in [5.41, 5.74) is 5.94. The second-order valence-corrected chi connectivity index (χ2v) is 6.92.